The van der Waals surface area contributed by atoms with Crippen molar-refractivity contribution in [3.8, 4) is 11.3 Å². The summed E-state index contributed by atoms with van der Waals surface area (Å²) in [6, 6.07) is 9.55. The Hall–Kier alpha value is -1.41. The van der Waals surface area contributed by atoms with Crippen LogP contribution in [0.1, 0.15) is 63.1 Å². The molecule has 1 heterocycles. The Morgan fingerprint density at radius 3 is 2.15 bits per heavy atom. The second-order valence-electron chi connectivity index (χ2n) is 9.65. The van der Waals surface area contributed by atoms with Gasteiger partial charge < -0.3 is 0 Å². The van der Waals surface area contributed by atoms with Gasteiger partial charge in [0.15, 0.2) is 6.20 Å². The van der Waals surface area contributed by atoms with Gasteiger partial charge in [0, 0.05) is 16.8 Å². The summed E-state index contributed by atoms with van der Waals surface area (Å²) in [4.78, 5) is 0. The normalized spacial score (nSPS) is 12.3. The second kappa shape index (κ2) is 8.73. The Labute approximate surface area is 168 Å². The Balaban J connectivity index is 2.69. The van der Waals surface area contributed by atoms with E-state index < -0.39 is 8.07 Å². The molecule has 1 nitrogen and oxygen atoms in total. The molecule has 0 amide bonds. The summed E-state index contributed by atoms with van der Waals surface area (Å²) in [6.45, 7) is 18.9. The summed E-state index contributed by atoms with van der Waals surface area (Å²) in [7, 11) is 0.831. The summed E-state index contributed by atoms with van der Waals surface area (Å²) >= 11 is 0. The van der Waals surface area contributed by atoms with E-state index in [1.807, 2.05) is 0 Å². The van der Waals surface area contributed by atoms with E-state index in [1.54, 1.807) is 10.8 Å². The molecule has 0 unspecified atom stereocenters. The Morgan fingerprint density at radius 1 is 1.00 bits per heavy atom. The lowest BCUT2D eigenvalue weighted by atomic mass is 9.91. The highest BCUT2D eigenvalue weighted by Crippen LogP contribution is 2.29. The fraction of sp³-hybridized carbons (Fsp3) is 0.560. The monoisotopic (exact) mass is 382 g/mol. The summed E-state index contributed by atoms with van der Waals surface area (Å²) in [5.74, 6) is 1.34. The van der Waals surface area contributed by atoms with E-state index in [0.717, 1.165) is 6.42 Å². The van der Waals surface area contributed by atoms with Crippen LogP contribution in [0.3, 0.4) is 0 Å². The van der Waals surface area contributed by atoms with Gasteiger partial charge in [0.1, 0.15) is 7.05 Å². The van der Waals surface area contributed by atoms with Crippen LogP contribution in [0.2, 0.25) is 19.6 Å². The van der Waals surface area contributed by atoms with Crippen molar-refractivity contribution >= 4 is 13.3 Å². The Kier molecular flexibility index (Phi) is 7.07. The van der Waals surface area contributed by atoms with Crippen molar-refractivity contribution in [2.45, 2.75) is 79.4 Å². The van der Waals surface area contributed by atoms with E-state index in [2.05, 4.69) is 96.3 Å². The lowest BCUT2D eigenvalue weighted by Crippen LogP contribution is -2.47. The molecule has 0 atom stereocenters. The first-order chi connectivity index (χ1) is 12.6. The minimum absolute atomic E-state index is 0.658. The third-order valence-corrected chi connectivity index (χ3v) is 7.80. The largest absolute Gasteiger partial charge is 0.212 e. The first-order valence-electron chi connectivity index (χ1n) is 10.7. The zero-order chi connectivity index (χ0) is 20.4. The van der Waals surface area contributed by atoms with Gasteiger partial charge in [-0.3, -0.25) is 0 Å². The van der Waals surface area contributed by atoms with Crippen LogP contribution in [0.15, 0.2) is 30.5 Å². The average Bonchev–Trinajstić information content (AvgIpc) is 2.57. The van der Waals surface area contributed by atoms with Crippen molar-refractivity contribution in [2.75, 3.05) is 0 Å². The van der Waals surface area contributed by atoms with Crippen molar-refractivity contribution in [1.82, 2.24) is 0 Å². The highest BCUT2D eigenvalue weighted by Gasteiger charge is 2.28. The molecule has 0 saturated carbocycles. The highest BCUT2D eigenvalue weighted by atomic mass is 28.3. The molecule has 0 bridgehead atoms. The van der Waals surface area contributed by atoms with Crippen LogP contribution >= 0.6 is 0 Å². The molecule has 0 radical (unpaired) electrons. The number of aromatic nitrogens is 1. The van der Waals surface area contributed by atoms with Gasteiger partial charge in [0.05, 0.1) is 8.07 Å². The summed E-state index contributed by atoms with van der Waals surface area (Å²) in [5, 5.41) is 1.62. The van der Waals surface area contributed by atoms with Gasteiger partial charge >= 0.3 is 0 Å². The van der Waals surface area contributed by atoms with Crippen molar-refractivity contribution in [3.05, 3.63) is 47.2 Å². The van der Waals surface area contributed by atoms with Crippen LogP contribution in [-0.2, 0) is 13.5 Å². The standard InChI is InChI=1S/C25H40NSi/c1-10-21(11-2)23-16-24(26(6)17-25(23)27(7,8)9)22-15-20(14-18(3)4)13-12-19(22)5/h12-13,15-18,21H,10-11,14H2,1-9H3/q+1. The van der Waals surface area contributed by atoms with Crippen LogP contribution in [0.25, 0.3) is 11.3 Å². The van der Waals surface area contributed by atoms with Crippen molar-refractivity contribution in [1.29, 1.82) is 0 Å². The fourth-order valence-corrected chi connectivity index (χ4v) is 5.89. The zero-order valence-corrected chi connectivity index (χ0v) is 20.1. The van der Waals surface area contributed by atoms with E-state index in [-0.39, 0.29) is 0 Å². The van der Waals surface area contributed by atoms with Crippen LogP contribution < -0.4 is 9.75 Å². The summed E-state index contributed by atoms with van der Waals surface area (Å²) < 4.78 is 2.38. The molecule has 2 aromatic rings. The fourth-order valence-electron chi connectivity index (χ4n) is 4.17. The molecule has 0 aliphatic rings. The minimum Gasteiger partial charge on any atom is -0.201 e. The molecule has 148 valence electrons. The highest BCUT2D eigenvalue weighted by molar-refractivity contribution is 6.89. The van der Waals surface area contributed by atoms with Gasteiger partial charge in [-0.1, -0.05) is 59.5 Å². The molecule has 1 aromatic carbocycles. The van der Waals surface area contributed by atoms with Crippen molar-refractivity contribution < 1.29 is 4.57 Å². The molecule has 0 saturated heterocycles. The molecule has 0 aliphatic carbocycles. The number of rotatable bonds is 7. The smallest absolute Gasteiger partial charge is 0.201 e. The molecule has 0 aliphatic heterocycles. The van der Waals surface area contributed by atoms with E-state index in [9.17, 15) is 0 Å². The summed E-state index contributed by atoms with van der Waals surface area (Å²) in [6.07, 6.45) is 6.02. The van der Waals surface area contributed by atoms with Crippen molar-refractivity contribution in [3.63, 3.8) is 0 Å². The third-order valence-electron chi connectivity index (χ3n) is 5.76. The average molecular weight is 383 g/mol. The number of nitrogens with zero attached hydrogens (tertiary/aromatic N) is 1. The second-order valence-corrected chi connectivity index (χ2v) is 14.7. The molecule has 1 aromatic heterocycles. The Morgan fingerprint density at radius 2 is 1.63 bits per heavy atom. The molecular weight excluding hydrogens is 342 g/mol. The van der Waals surface area contributed by atoms with Crippen LogP contribution in [0.4, 0.5) is 0 Å². The van der Waals surface area contributed by atoms with Crippen LogP contribution in [0, 0.1) is 12.8 Å². The van der Waals surface area contributed by atoms with Crippen LogP contribution in [0.5, 0.6) is 0 Å². The number of aryl methyl sites for hydroxylation is 2. The molecular formula is C25H40NSi+. The van der Waals surface area contributed by atoms with Gasteiger partial charge in [0.25, 0.3) is 0 Å². The van der Waals surface area contributed by atoms with Gasteiger partial charge in [-0.15, -0.1) is 0 Å². The molecule has 0 spiro atoms. The SMILES string of the molecule is CCC(CC)c1cc(-c2cc(CC(C)C)ccc2C)[n+](C)cc1[Si](C)(C)C. The summed E-state index contributed by atoms with van der Waals surface area (Å²) in [5.41, 5.74) is 7.17. The quantitative estimate of drug-likeness (QED) is 0.400. The maximum absolute atomic E-state index is 2.52. The van der Waals surface area contributed by atoms with Gasteiger partial charge in [0.2, 0.25) is 5.69 Å². The maximum Gasteiger partial charge on any atom is 0.212 e. The molecule has 27 heavy (non-hydrogen) atoms. The maximum atomic E-state index is 2.52. The minimum atomic E-state index is -1.40. The van der Waals surface area contributed by atoms with E-state index in [0.29, 0.717) is 11.8 Å². The number of hydrogen-bond donors (Lipinski definition) is 0. The van der Waals surface area contributed by atoms with E-state index >= 15 is 0 Å². The molecule has 2 heteroatoms. The topological polar surface area (TPSA) is 3.88 Å². The number of benzene rings is 1. The lowest BCUT2D eigenvalue weighted by Gasteiger charge is -2.24. The Bertz CT molecular complexity index is 780. The predicted molar refractivity (Wildman–Crippen MR) is 123 cm³/mol. The molecule has 2 rings (SSSR count). The van der Waals surface area contributed by atoms with Gasteiger partial charge in [-0.2, -0.15) is 0 Å². The van der Waals surface area contributed by atoms with Crippen LogP contribution in [-0.4, -0.2) is 8.07 Å². The first kappa shape index (κ1) is 21.9. The zero-order valence-electron chi connectivity index (χ0n) is 19.1. The molecule has 0 N–H and O–H groups in total. The first-order valence-corrected chi connectivity index (χ1v) is 14.2. The number of pyridine rings is 1. The van der Waals surface area contributed by atoms with E-state index in [4.69, 9.17) is 0 Å². The molecule has 0 fully saturated rings. The number of hydrogen-bond acceptors (Lipinski definition) is 0. The predicted octanol–water partition coefficient (Wildman–Crippen LogP) is 6.13. The van der Waals surface area contributed by atoms with E-state index in [1.165, 1.54) is 35.2 Å². The van der Waals surface area contributed by atoms with Crippen molar-refractivity contribution in [2.24, 2.45) is 13.0 Å². The lowest BCUT2D eigenvalue weighted by molar-refractivity contribution is -0.659. The van der Waals surface area contributed by atoms with Gasteiger partial charge in [-0.05, 0) is 60.8 Å². The van der Waals surface area contributed by atoms with Gasteiger partial charge in [-0.25, -0.2) is 4.57 Å². The third kappa shape index (κ3) is 5.10.